The standard InChI is InChI=1S/C30H23ClN8O/c1-16-21-12-11-19(13-23(21)36-35-16)27-26-28(32)33-15-34-29(26)39(37-27)17(2)24-14-18-7-6-10-22(31)25(18)30(40)38(24)20-8-4-3-5-9-20/h3-15,17H,1-2H3,(H,35,36)(H2,32,33,34)/t17-/m1/s1. The number of aromatic amines is 1. The number of hydrogen-bond acceptors (Lipinski definition) is 6. The number of nitrogens with two attached hydrogens (primary N) is 1. The molecule has 7 aromatic rings. The van der Waals surface area contributed by atoms with Crippen molar-refractivity contribution in [2.75, 3.05) is 5.73 Å². The maximum Gasteiger partial charge on any atom is 0.264 e. The molecule has 3 aromatic carbocycles. The van der Waals surface area contributed by atoms with E-state index in [1.807, 2.05) is 80.6 Å². The third-order valence-corrected chi connectivity index (χ3v) is 7.69. The van der Waals surface area contributed by atoms with Gasteiger partial charge in [-0.15, -0.1) is 0 Å². The number of benzene rings is 3. The van der Waals surface area contributed by atoms with E-state index in [1.165, 1.54) is 6.33 Å². The quantitative estimate of drug-likeness (QED) is 0.287. The summed E-state index contributed by atoms with van der Waals surface area (Å²) in [5.41, 5.74) is 11.5. The summed E-state index contributed by atoms with van der Waals surface area (Å²) >= 11 is 6.51. The Hall–Kier alpha value is -5.02. The van der Waals surface area contributed by atoms with Crippen LogP contribution in [0, 0.1) is 6.92 Å². The monoisotopic (exact) mass is 546 g/mol. The molecule has 9 nitrogen and oxygen atoms in total. The lowest BCUT2D eigenvalue weighted by Gasteiger charge is -2.21. The van der Waals surface area contributed by atoms with Gasteiger partial charge in [-0.2, -0.15) is 10.2 Å². The Morgan fingerprint density at radius 1 is 0.975 bits per heavy atom. The van der Waals surface area contributed by atoms with E-state index in [0.29, 0.717) is 33.0 Å². The molecule has 0 saturated carbocycles. The number of nitrogens with one attached hydrogen (secondary N) is 1. The van der Waals surface area contributed by atoms with E-state index in [-0.39, 0.29) is 5.56 Å². The van der Waals surface area contributed by atoms with Gasteiger partial charge in [-0.1, -0.05) is 54.1 Å². The van der Waals surface area contributed by atoms with Crippen LogP contribution in [0.2, 0.25) is 5.02 Å². The second-order valence-electron chi connectivity index (χ2n) is 9.75. The van der Waals surface area contributed by atoms with Crippen LogP contribution in [0.1, 0.15) is 24.4 Å². The number of rotatable bonds is 4. The smallest absolute Gasteiger partial charge is 0.264 e. The minimum absolute atomic E-state index is 0.206. The maximum absolute atomic E-state index is 14.0. The SMILES string of the molecule is Cc1n[nH]c2cc(-c3nn([C@H](C)c4cc5cccc(Cl)c5c(=O)n4-c4ccccc4)c4ncnc(N)c34)ccc12. The molecule has 0 saturated heterocycles. The second kappa shape index (κ2) is 9.03. The van der Waals surface area contributed by atoms with Crippen LogP contribution < -0.4 is 11.3 Å². The van der Waals surface area contributed by atoms with Crippen molar-refractivity contribution in [2.24, 2.45) is 0 Å². The number of H-pyrrole nitrogens is 1. The average molecular weight is 547 g/mol. The summed E-state index contributed by atoms with van der Waals surface area (Å²) in [4.78, 5) is 22.8. The van der Waals surface area contributed by atoms with Gasteiger partial charge in [0.1, 0.15) is 17.8 Å². The number of anilines is 1. The Morgan fingerprint density at radius 2 is 1.80 bits per heavy atom. The van der Waals surface area contributed by atoms with Crippen molar-refractivity contribution in [1.29, 1.82) is 0 Å². The van der Waals surface area contributed by atoms with E-state index in [2.05, 4.69) is 20.2 Å². The van der Waals surface area contributed by atoms with Crippen LogP contribution in [0.4, 0.5) is 5.82 Å². The fourth-order valence-corrected chi connectivity index (χ4v) is 5.65. The number of pyridine rings is 1. The molecule has 0 amide bonds. The molecule has 4 heterocycles. The third-order valence-electron chi connectivity index (χ3n) is 7.38. The zero-order chi connectivity index (χ0) is 27.5. The zero-order valence-corrected chi connectivity index (χ0v) is 22.4. The van der Waals surface area contributed by atoms with Crippen molar-refractivity contribution >= 4 is 50.1 Å². The summed E-state index contributed by atoms with van der Waals surface area (Å²) in [6.07, 6.45) is 1.43. The van der Waals surface area contributed by atoms with Crippen LogP contribution in [-0.4, -0.2) is 34.5 Å². The molecule has 0 aliphatic rings. The molecular formula is C30H23ClN8O. The van der Waals surface area contributed by atoms with Gasteiger partial charge in [-0.05, 0) is 49.6 Å². The lowest BCUT2D eigenvalue weighted by atomic mass is 10.1. The third kappa shape index (κ3) is 3.59. The summed E-state index contributed by atoms with van der Waals surface area (Å²) in [6, 6.07) is 22.5. The summed E-state index contributed by atoms with van der Waals surface area (Å²) < 4.78 is 3.49. The van der Waals surface area contributed by atoms with Gasteiger partial charge >= 0.3 is 0 Å². The Labute approximate surface area is 232 Å². The summed E-state index contributed by atoms with van der Waals surface area (Å²) in [7, 11) is 0. The second-order valence-corrected chi connectivity index (χ2v) is 10.2. The highest BCUT2D eigenvalue weighted by Crippen LogP contribution is 2.35. The molecule has 0 spiro atoms. The number of aromatic nitrogens is 7. The van der Waals surface area contributed by atoms with Crippen molar-refractivity contribution in [3.8, 4) is 16.9 Å². The summed E-state index contributed by atoms with van der Waals surface area (Å²) in [5.74, 6) is 0.324. The van der Waals surface area contributed by atoms with E-state index >= 15 is 0 Å². The molecule has 3 N–H and O–H groups in total. The van der Waals surface area contributed by atoms with Crippen LogP contribution in [0.3, 0.4) is 0 Å². The first-order valence-electron chi connectivity index (χ1n) is 12.8. The minimum Gasteiger partial charge on any atom is -0.383 e. The zero-order valence-electron chi connectivity index (χ0n) is 21.6. The van der Waals surface area contributed by atoms with Gasteiger partial charge in [0.15, 0.2) is 5.65 Å². The Bertz CT molecular complexity index is 2150. The van der Waals surface area contributed by atoms with Crippen molar-refractivity contribution < 1.29 is 0 Å². The van der Waals surface area contributed by atoms with Crippen LogP contribution in [0.15, 0.2) is 83.9 Å². The van der Waals surface area contributed by atoms with E-state index in [9.17, 15) is 4.79 Å². The predicted octanol–water partition coefficient (Wildman–Crippen LogP) is 5.83. The predicted molar refractivity (Wildman–Crippen MR) is 158 cm³/mol. The van der Waals surface area contributed by atoms with Gasteiger partial charge in [-0.25, -0.2) is 14.6 Å². The van der Waals surface area contributed by atoms with Gasteiger partial charge in [0, 0.05) is 16.6 Å². The van der Waals surface area contributed by atoms with E-state index in [1.54, 1.807) is 15.3 Å². The molecule has 0 radical (unpaired) electrons. The Morgan fingerprint density at radius 3 is 2.62 bits per heavy atom. The highest BCUT2D eigenvalue weighted by molar-refractivity contribution is 6.35. The van der Waals surface area contributed by atoms with Crippen LogP contribution in [0.25, 0.3) is 49.7 Å². The van der Waals surface area contributed by atoms with Crippen molar-refractivity contribution in [3.63, 3.8) is 0 Å². The molecule has 7 rings (SSSR count). The minimum atomic E-state index is -0.417. The maximum atomic E-state index is 14.0. The molecule has 0 aliphatic carbocycles. The summed E-state index contributed by atoms with van der Waals surface area (Å²) in [5, 5.41) is 15.7. The number of halogens is 1. The number of nitrogen functional groups attached to an aromatic ring is 1. The molecule has 0 fully saturated rings. The largest absolute Gasteiger partial charge is 0.383 e. The van der Waals surface area contributed by atoms with Crippen LogP contribution in [-0.2, 0) is 0 Å². The Balaban J connectivity index is 1.50. The molecule has 40 heavy (non-hydrogen) atoms. The Kier molecular flexibility index (Phi) is 5.43. The normalized spacial score (nSPS) is 12.5. The molecular weight excluding hydrogens is 524 g/mol. The number of aryl methyl sites for hydroxylation is 1. The number of fused-ring (bicyclic) bond motifs is 3. The lowest BCUT2D eigenvalue weighted by molar-refractivity contribution is 0.553. The van der Waals surface area contributed by atoms with Gasteiger partial charge in [0.25, 0.3) is 5.56 Å². The summed E-state index contributed by atoms with van der Waals surface area (Å²) in [6.45, 7) is 3.94. The molecule has 196 valence electrons. The number of nitrogens with zero attached hydrogens (tertiary/aromatic N) is 6. The molecule has 0 unspecified atom stereocenters. The first-order chi connectivity index (χ1) is 19.4. The van der Waals surface area contributed by atoms with Gasteiger partial charge in [0.2, 0.25) is 0 Å². The van der Waals surface area contributed by atoms with E-state index in [0.717, 1.165) is 38.9 Å². The first kappa shape index (κ1) is 24.1. The number of hydrogen-bond donors (Lipinski definition) is 2. The topological polar surface area (TPSA) is 120 Å². The average Bonchev–Trinajstić information content (AvgIpc) is 3.54. The highest BCUT2D eigenvalue weighted by atomic mass is 35.5. The van der Waals surface area contributed by atoms with Crippen molar-refractivity contribution in [2.45, 2.75) is 19.9 Å². The molecule has 4 aromatic heterocycles. The molecule has 1 atom stereocenters. The van der Waals surface area contributed by atoms with E-state index in [4.69, 9.17) is 22.4 Å². The number of para-hydroxylation sites is 1. The highest BCUT2D eigenvalue weighted by Gasteiger charge is 2.25. The van der Waals surface area contributed by atoms with Gasteiger partial charge in [0.05, 0.1) is 38.7 Å². The molecule has 0 aliphatic heterocycles. The van der Waals surface area contributed by atoms with Crippen molar-refractivity contribution in [3.05, 3.63) is 106 Å². The van der Waals surface area contributed by atoms with Gasteiger partial charge < -0.3 is 5.73 Å². The van der Waals surface area contributed by atoms with Crippen LogP contribution >= 0.6 is 11.6 Å². The lowest BCUT2D eigenvalue weighted by Crippen LogP contribution is -2.26. The fourth-order valence-electron chi connectivity index (χ4n) is 5.39. The van der Waals surface area contributed by atoms with Crippen molar-refractivity contribution in [1.82, 2.24) is 34.5 Å². The van der Waals surface area contributed by atoms with E-state index < -0.39 is 6.04 Å². The molecule has 0 bridgehead atoms. The van der Waals surface area contributed by atoms with Gasteiger partial charge in [-0.3, -0.25) is 14.5 Å². The first-order valence-corrected chi connectivity index (χ1v) is 13.1. The van der Waals surface area contributed by atoms with Crippen LogP contribution in [0.5, 0.6) is 0 Å². The fraction of sp³-hybridized carbons (Fsp3) is 0.100. The molecule has 10 heteroatoms.